The Balaban J connectivity index is 1.96. The summed E-state index contributed by atoms with van der Waals surface area (Å²) in [7, 11) is 0. The Morgan fingerprint density at radius 2 is 1.83 bits per heavy atom. The molecule has 1 aliphatic heterocycles. The molecule has 1 aliphatic rings. The molecule has 0 aromatic rings. The summed E-state index contributed by atoms with van der Waals surface area (Å²) < 4.78 is 10.9. The fraction of sp³-hybridized carbons (Fsp3) is 0.889. The van der Waals surface area contributed by atoms with E-state index in [1.54, 1.807) is 0 Å². The smallest absolute Gasteiger partial charge is 0.114 e. The summed E-state index contributed by atoms with van der Waals surface area (Å²) in [4.78, 5) is 0. The quantitative estimate of drug-likeness (QED) is 0.356. The van der Waals surface area contributed by atoms with E-state index in [4.69, 9.17) is 14.6 Å². The largest absolute Gasteiger partial charge is 0.394 e. The molecular formula is C18H34O5. The van der Waals surface area contributed by atoms with Crippen molar-refractivity contribution in [2.24, 2.45) is 0 Å². The number of hydrogen-bond donors (Lipinski definition) is 3. The van der Waals surface area contributed by atoms with Gasteiger partial charge in [-0.25, -0.2) is 0 Å². The maximum absolute atomic E-state index is 9.98. The van der Waals surface area contributed by atoms with Crippen molar-refractivity contribution in [3.05, 3.63) is 12.2 Å². The van der Waals surface area contributed by atoms with E-state index >= 15 is 0 Å². The van der Waals surface area contributed by atoms with Crippen LogP contribution >= 0.6 is 0 Å². The topological polar surface area (TPSA) is 79.2 Å². The summed E-state index contributed by atoms with van der Waals surface area (Å²) >= 11 is 0. The van der Waals surface area contributed by atoms with Crippen LogP contribution in [0, 0.1) is 0 Å². The second-order valence-electron chi connectivity index (χ2n) is 6.26. The first-order valence-corrected chi connectivity index (χ1v) is 9.05. The van der Waals surface area contributed by atoms with Crippen LogP contribution in [0.3, 0.4) is 0 Å². The van der Waals surface area contributed by atoms with E-state index in [1.165, 1.54) is 32.1 Å². The van der Waals surface area contributed by atoms with Crippen LogP contribution in [0.2, 0.25) is 0 Å². The van der Waals surface area contributed by atoms with Crippen molar-refractivity contribution in [1.82, 2.24) is 0 Å². The van der Waals surface area contributed by atoms with Gasteiger partial charge in [-0.2, -0.15) is 0 Å². The molecule has 0 amide bonds. The molecule has 5 nitrogen and oxygen atoms in total. The van der Waals surface area contributed by atoms with E-state index in [9.17, 15) is 10.2 Å². The highest BCUT2D eigenvalue weighted by Gasteiger charge is 2.40. The molecule has 0 bridgehead atoms. The molecule has 5 heteroatoms. The molecule has 0 spiro atoms. The third-order valence-corrected chi connectivity index (χ3v) is 4.22. The summed E-state index contributed by atoms with van der Waals surface area (Å²) in [6.07, 6.45) is 10.9. The normalized spacial score (nSPS) is 26.2. The van der Waals surface area contributed by atoms with Gasteiger partial charge in [0.05, 0.1) is 13.2 Å². The van der Waals surface area contributed by atoms with Gasteiger partial charge in [-0.1, -0.05) is 44.8 Å². The highest BCUT2D eigenvalue weighted by atomic mass is 16.6. The average molecular weight is 330 g/mol. The predicted octanol–water partition coefficient (Wildman–Crippen LogP) is 2.18. The number of hydrogen-bond acceptors (Lipinski definition) is 5. The highest BCUT2D eigenvalue weighted by molar-refractivity contribution is 4.88. The Hall–Kier alpha value is -0.460. The van der Waals surface area contributed by atoms with Crippen LogP contribution in [-0.2, 0) is 9.47 Å². The number of allylic oxidation sites excluding steroid dienone is 2. The first-order chi connectivity index (χ1) is 11.2. The van der Waals surface area contributed by atoms with Crippen molar-refractivity contribution >= 4 is 0 Å². The van der Waals surface area contributed by atoms with Gasteiger partial charge in [0.2, 0.25) is 0 Å². The number of rotatable bonds is 13. The van der Waals surface area contributed by atoms with Gasteiger partial charge in [0.1, 0.15) is 24.4 Å². The Bertz CT molecular complexity index is 308. The fourth-order valence-corrected chi connectivity index (χ4v) is 2.71. The van der Waals surface area contributed by atoms with Crippen molar-refractivity contribution in [3.63, 3.8) is 0 Å². The molecule has 0 aliphatic carbocycles. The van der Waals surface area contributed by atoms with Gasteiger partial charge < -0.3 is 24.8 Å². The van der Waals surface area contributed by atoms with Crippen molar-refractivity contribution < 1.29 is 24.8 Å². The van der Waals surface area contributed by atoms with E-state index in [2.05, 4.69) is 19.1 Å². The predicted molar refractivity (Wildman–Crippen MR) is 90.3 cm³/mol. The Labute approximate surface area is 140 Å². The molecule has 3 N–H and O–H groups in total. The minimum atomic E-state index is -1.05. The second-order valence-corrected chi connectivity index (χ2v) is 6.26. The fourth-order valence-electron chi connectivity index (χ4n) is 2.71. The van der Waals surface area contributed by atoms with Crippen LogP contribution in [0.1, 0.15) is 58.3 Å². The molecule has 23 heavy (non-hydrogen) atoms. The zero-order valence-corrected chi connectivity index (χ0v) is 14.4. The van der Waals surface area contributed by atoms with Crippen LogP contribution in [0.5, 0.6) is 0 Å². The SMILES string of the molecule is CCCC/C=C/CCCCCCO[C@@H]1CO[C@H]([C@@H](O)CO)[C@@H]1O. The molecule has 136 valence electrons. The number of unbranched alkanes of at least 4 members (excludes halogenated alkanes) is 6. The molecule has 1 rings (SSSR count). The summed E-state index contributed by atoms with van der Waals surface area (Å²) in [5, 5.41) is 28.4. The number of aliphatic hydroxyl groups excluding tert-OH is 3. The lowest BCUT2D eigenvalue weighted by molar-refractivity contribution is -0.0730. The zero-order valence-electron chi connectivity index (χ0n) is 14.4. The molecule has 1 heterocycles. The summed E-state index contributed by atoms with van der Waals surface area (Å²) in [5.41, 5.74) is 0. The lowest BCUT2D eigenvalue weighted by Gasteiger charge is -2.20. The van der Waals surface area contributed by atoms with Gasteiger partial charge in [-0.15, -0.1) is 0 Å². The highest BCUT2D eigenvalue weighted by Crippen LogP contribution is 2.20. The van der Waals surface area contributed by atoms with Crippen LogP contribution in [-0.4, -0.2) is 59.6 Å². The van der Waals surface area contributed by atoms with Gasteiger partial charge in [0, 0.05) is 6.61 Å². The van der Waals surface area contributed by atoms with E-state index < -0.39 is 31.0 Å². The molecule has 4 atom stereocenters. The number of ether oxygens (including phenoxy) is 2. The maximum atomic E-state index is 9.98. The lowest BCUT2D eigenvalue weighted by atomic mass is 10.1. The van der Waals surface area contributed by atoms with Crippen LogP contribution in [0.4, 0.5) is 0 Å². The third kappa shape index (κ3) is 8.27. The van der Waals surface area contributed by atoms with Gasteiger partial charge >= 0.3 is 0 Å². The molecule has 0 aromatic heterocycles. The first-order valence-electron chi connectivity index (χ1n) is 9.05. The molecule has 0 aromatic carbocycles. The van der Waals surface area contributed by atoms with Crippen LogP contribution < -0.4 is 0 Å². The summed E-state index contributed by atoms with van der Waals surface area (Å²) in [6, 6.07) is 0. The Morgan fingerprint density at radius 3 is 2.52 bits per heavy atom. The van der Waals surface area contributed by atoms with E-state index in [-0.39, 0.29) is 6.61 Å². The maximum Gasteiger partial charge on any atom is 0.114 e. The first kappa shape index (κ1) is 20.6. The zero-order chi connectivity index (χ0) is 16.9. The summed E-state index contributed by atoms with van der Waals surface area (Å²) in [5.74, 6) is 0. The average Bonchev–Trinajstić information content (AvgIpc) is 2.93. The van der Waals surface area contributed by atoms with Gasteiger partial charge in [0.15, 0.2) is 0 Å². The van der Waals surface area contributed by atoms with Crippen molar-refractivity contribution in [2.75, 3.05) is 19.8 Å². The molecule has 0 unspecified atom stereocenters. The van der Waals surface area contributed by atoms with Gasteiger partial charge in [0.25, 0.3) is 0 Å². The molecule has 1 fully saturated rings. The monoisotopic (exact) mass is 330 g/mol. The molecule has 0 radical (unpaired) electrons. The minimum absolute atomic E-state index is 0.269. The van der Waals surface area contributed by atoms with E-state index in [0.717, 1.165) is 19.3 Å². The number of aliphatic hydroxyl groups is 3. The Kier molecular flexibility index (Phi) is 11.5. The van der Waals surface area contributed by atoms with Crippen LogP contribution in [0.25, 0.3) is 0 Å². The van der Waals surface area contributed by atoms with Crippen molar-refractivity contribution in [3.8, 4) is 0 Å². The van der Waals surface area contributed by atoms with Crippen molar-refractivity contribution in [1.29, 1.82) is 0 Å². The molecule has 0 saturated carbocycles. The van der Waals surface area contributed by atoms with Crippen LogP contribution in [0.15, 0.2) is 12.2 Å². The van der Waals surface area contributed by atoms with Crippen molar-refractivity contribution in [2.45, 2.75) is 82.7 Å². The van der Waals surface area contributed by atoms with E-state index in [0.29, 0.717) is 6.61 Å². The lowest BCUT2D eigenvalue weighted by Crippen LogP contribution is -2.41. The second kappa shape index (κ2) is 12.9. The minimum Gasteiger partial charge on any atom is -0.394 e. The summed E-state index contributed by atoms with van der Waals surface area (Å²) in [6.45, 7) is 2.66. The Morgan fingerprint density at radius 1 is 1.13 bits per heavy atom. The van der Waals surface area contributed by atoms with Gasteiger partial charge in [-0.3, -0.25) is 0 Å². The molecule has 1 saturated heterocycles. The third-order valence-electron chi connectivity index (χ3n) is 4.22. The standard InChI is InChI=1S/C18H34O5/c1-2-3-4-5-6-7-8-9-10-11-12-22-16-14-23-18(17(16)21)15(20)13-19/h5-6,15-21H,2-4,7-14H2,1H3/b6-5+/t15-,16+,17+,18+/m0/s1. The van der Waals surface area contributed by atoms with Gasteiger partial charge in [-0.05, 0) is 25.7 Å². The molecular weight excluding hydrogens is 296 g/mol. The van der Waals surface area contributed by atoms with E-state index in [1.807, 2.05) is 0 Å².